The minimum atomic E-state index is -0.241. The minimum absolute atomic E-state index is 0.241. The average Bonchev–Trinajstić information content (AvgIpc) is 2.63. The molecule has 0 bridgehead atoms. The molecular formula is C20H29N3. The van der Waals surface area contributed by atoms with Gasteiger partial charge in [-0.3, -0.25) is 9.80 Å². The van der Waals surface area contributed by atoms with Crippen molar-refractivity contribution in [2.24, 2.45) is 0 Å². The van der Waals surface area contributed by atoms with Crippen molar-refractivity contribution in [2.75, 3.05) is 20.1 Å². The number of nitriles is 1. The Morgan fingerprint density at radius 1 is 1.13 bits per heavy atom. The van der Waals surface area contributed by atoms with Gasteiger partial charge < -0.3 is 0 Å². The molecule has 3 rings (SSSR count). The van der Waals surface area contributed by atoms with Gasteiger partial charge in [-0.05, 0) is 38.3 Å². The first-order valence-electron chi connectivity index (χ1n) is 9.14. The average molecular weight is 311 g/mol. The van der Waals surface area contributed by atoms with Crippen molar-refractivity contribution in [1.82, 2.24) is 9.80 Å². The van der Waals surface area contributed by atoms with Crippen LogP contribution in [0.5, 0.6) is 0 Å². The first kappa shape index (κ1) is 16.5. The summed E-state index contributed by atoms with van der Waals surface area (Å²) < 4.78 is 0. The molecule has 3 nitrogen and oxygen atoms in total. The van der Waals surface area contributed by atoms with Crippen LogP contribution in [0.25, 0.3) is 0 Å². The fourth-order valence-corrected chi connectivity index (χ4v) is 4.28. The third kappa shape index (κ3) is 3.76. The first-order chi connectivity index (χ1) is 11.2. The van der Waals surface area contributed by atoms with Gasteiger partial charge in [0.25, 0.3) is 0 Å². The zero-order chi connectivity index (χ0) is 16.1. The Balaban J connectivity index is 1.59. The van der Waals surface area contributed by atoms with Gasteiger partial charge in [0, 0.05) is 25.7 Å². The Bertz CT molecular complexity index is 520. The topological polar surface area (TPSA) is 30.3 Å². The molecule has 2 aliphatic rings. The lowest BCUT2D eigenvalue weighted by Gasteiger charge is -2.47. The summed E-state index contributed by atoms with van der Waals surface area (Å²) in [4.78, 5) is 4.94. The number of hydrogen-bond donors (Lipinski definition) is 0. The van der Waals surface area contributed by atoms with E-state index in [0.717, 1.165) is 32.5 Å². The molecule has 0 radical (unpaired) electrons. The van der Waals surface area contributed by atoms with Crippen molar-refractivity contribution in [3.05, 3.63) is 35.9 Å². The third-order valence-electron chi connectivity index (χ3n) is 5.94. The van der Waals surface area contributed by atoms with E-state index in [-0.39, 0.29) is 5.54 Å². The zero-order valence-corrected chi connectivity index (χ0v) is 14.4. The van der Waals surface area contributed by atoms with Crippen LogP contribution in [0.2, 0.25) is 0 Å². The number of rotatable bonds is 4. The van der Waals surface area contributed by atoms with Crippen LogP contribution in [0.4, 0.5) is 0 Å². The van der Waals surface area contributed by atoms with Crippen LogP contribution in [0.15, 0.2) is 30.3 Å². The molecular weight excluding hydrogens is 282 g/mol. The summed E-state index contributed by atoms with van der Waals surface area (Å²) in [5, 5.41) is 9.91. The fourth-order valence-electron chi connectivity index (χ4n) is 4.28. The van der Waals surface area contributed by atoms with Crippen LogP contribution in [0.1, 0.15) is 50.5 Å². The minimum Gasteiger partial charge on any atom is -0.299 e. The molecule has 3 heteroatoms. The van der Waals surface area contributed by atoms with E-state index in [1.807, 2.05) is 0 Å². The largest absolute Gasteiger partial charge is 0.299 e. The summed E-state index contributed by atoms with van der Waals surface area (Å²) in [6.45, 7) is 3.06. The van der Waals surface area contributed by atoms with Crippen LogP contribution < -0.4 is 0 Å². The van der Waals surface area contributed by atoms with E-state index in [9.17, 15) is 5.26 Å². The summed E-state index contributed by atoms with van der Waals surface area (Å²) in [6.07, 6.45) is 8.52. The Morgan fingerprint density at radius 2 is 1.78 bits per heavy atom. The number of likely N-dealkylation sites (tertiary alicyclic amines) is 1. The quantitative estimate of drug-likeness (QED) is 0.847. The summed E-state index contributed by atoms with van der Waals surface area (Å²) >= 11 is 0. The van der Waals surface area contributed by atoms with E-state index in [1.165, 1.54) is 37.7 Å². The Hall–Kier alpha value is -1.37. The molecule has 0 spiro atoms. The summed E-state index contributed by atoms with van der Waals surface area (Å²) in [5.74, 6) is 0. The summed E-state index contributed by atoms with van der Waals surface area (Å²) in [7, 11) is 2.20. The zero-order valence-electron chi connectivity index (χ0n) is 14.4. The lowest BCUT2D eigenvalue weighted by Crippen LogP contribution is -2.56. The van der Waals surface area contributed by atoms with Crippen molar-refractivity contribution in [3.8, 4) is 6.07 Å². The molecule has 1 aliphatic carbocycles. The summed E-state index contributed by atoms with van der Waals surface area (Å²) in [6, 6.07) is 14.0. The van der Waals surface area contributed by atoms with Crippen molar-refractivity contribution in [2.45, 2.75) is 63.1 Å². The van der Waals surface area contributed by atoms with E-state index in [0.29, 0.717) is 6.04 Å². The second-order valence-corrected chi connectivity index (χ2v) is 7.31. The molecule has 1 aromatic rings. The fraction of sp³-hybridized carbons (Fsp3) is 0.650. The normalized spacial score (nSPS) is 22.8. The van der Waals surface area contributed by atoms with Crippen LogP contribution in [0.3, 0.4) is 0 Å². The lowest BCUT2D eigenvalue weighted by molar-refractivity contribution is 0.0344. The highest BCUT2D eigenvalue weighted by Crippen LogP contribution is 2.33. The molecule has 124 valence electrons. The van der Waals surface area contributed by atoms with Crippen molar-refractivity contribution in [3.63, 3.8) is 0 Å². The van der Waals surface area contributed by atoms with E-state index >= 15 is 0 Å². The van der Waals surface area contributed by atoms with E-state index in [1.54, 1.807) is 0 Å². The number of hydrogen-bond acceptors (Lipinski definition) is 3. The SMILES string of the molecule is CN(C1CCCCC1)C1(C#N)CCN(Cc2ccccc2)CC1. The maximum Gasteiger partial charge on any atom is 0.111 e. The Labute approximate surface area is 140 Å². The first-order valence-corrected chi connectivity index (χ1v) is 9.14. The van der Waals surface area contributed by atoms with Gasteiger partial charge in [-0.15, -0.1) is 0 Å². The van der Waals surface area contributed by atoms with E-state index in [4.69, 9.17) is 0 Å². The van der Waals surface area contributed by atoms with Crippen LogP contribution >= 0.6 is 0 Å². The van der Waals surface area contributed by atoms with Crippen LogP contribution in [-0.2, 0) is 6.54 Å². The molecule has 0 aromatic heterocycles. The standard InChI is InChI=1S/C20H29N3/c1-22(19-10-6-3-7-11-19)20(17-21)12-14-23(15-13-20)16-18-8-4-2-5-9-18/h2,4-5,8-9,19H,3,6-7,10-16H2,1H3. The van der Waals surface area contributed by atoms with Gasteiger partial charge in [0.15, 0.2) is 0 Å². The smallest absolute Gasteiger partial charge is 0.111 e. The predicted octanol–water partition coefficient (Wildman–Crippen LogP) is 3.81. The van der Waals surface area contributed by atoms with Gasteiger partial charge in [-0.2, -0.15) is 5.26 Å². The second kappa shape index (κ2) is 7.47. The van der Waals surface area contributed by atoms with Crippen LogP contribution in [-0.4, -0.2) is 41.5 Å². The third-order valence-corrected chi connectivity index (χ3v) is 5.94. The molecule has 1 aliphatic heterocycles. The van der Waals surface area contributed by atoms with Gasteiger partial charge in [0.2, 0.25) is 0 Å². The maximum absolute atomic E-state index is 9.91. The summed E-state index contributed by atoms with van der Waals surface area (Å²) in [5.41, 5.74) is 1.13. The monoisotopic (exact) mass is 311 g/mol. The number of piperidine rings is 1. The highest BCUT2D eigenvalue weighted by Gasteiger charge is 2.41. The molecule has 1 aromatic carbocycles. The van der Waals surface area contributed by atoms with Crippen molar-refractivity contribution >= 4 is 0 Å². The van der Waals surface area contributed by atoms with Gasteiger partial charge >= 0.3 is 0 Å². The predicted molar refractivity (Wildman–Crippen MR) is 93.9 cm³/mol. The van der Waals surface area contributed by atoms with E-state index in [2.05, 4.69) is 53.2 Å². The highest BCUT2D eigenvalue weighted by molar-refractivity contribution is 5.16. The number of benzene rings is 1. The molecule has 1 heterocycles. The molecule has 0 unspecified atom stereocenters. The van der Waals surface area contributed by atoms with Gasteiger partial charge in [-0.25, -0.2) is 0 Å². The van der Waals surface area contributed by atoms with Gasteiger partial charge in [0.1, 0.15) is 5.54 Å². The van der Waals surface area contributed by atoms with Crippen molar-refractivity contribution in [1.29, 1.82) is 5.26 Å². The molecule has 23 heavy (non-hydrogen) atoms. The Kier molecular flexibility index (Phi) is 5.35. The van der Waals surface area contributed by atoms with Gasteiger partial charge in [0.05, 0.1) is 6.07 Å². The second-order valence-electron chi connectivity index (χ2n) is 7.31. The number of nitrogens with zero attached hydrogens (tertiary/aromatic N) is 3. The van der Waals surface area contributed by atoms with Crippen LogP contribution in [0, 0.1) is 11.3 Å². The molecule has 0 N–H and O–H groups in total. The lowest BCUT2D eigenvalue weighted by atomic mass is 9.83. The molecule has 2 fully saturated rings. The Morgan fingerprint density at radius 3 is 2.39 bits per heavy atom. The van der Waals surface area contributed by atoms with E-state index < -0.39 is 0 Å². The molecule has 0 amide bonds. The maximum atomic E-state index is 9.91. The molecule has 0 atom stereocenters. The molecule has 1 saturated carbocycles. The van der Waals surface area contributed by atoms with Gasteiger partial charge in [-0.1, -0.05) is 49.6 Å². The molecule has 1 saturated heterocycles. The van der Waals surface area contributed by atoms with Crippen molar-refractivity contribution < 1.29 is 0 Å². The highest BCUT2D eigenvalue weighted by atomic mass is 15.2.